The van der Waals surface area contributed by atoms with Crippen LogP contribution >= 0.6 is 0 Å². The van der Waals surface area contributed by atoms with Crippen LogP contribution < -0.4 is 0 Å². The van der Waals surface area contributed by atoms with Gasteiger partial charge in [-0.2, -0.15) is 0 Å². The predicted molar refractivity (Wildman–Crippen MR) is 344 cm³/mol. The zero-order valence-electron chi connectivity index (χ0n) is 52.6. The molecule has 79 heavy (non-hydrogen) atoms. The number of allylic oxidation sites excluding steroid dienone is 12. The molecule has 458 valence electrons. The summed E-state index contributed by atoms with van der Waals surface area (Å²) in [5.74, 6) is -0.864. The highest BCUT2D eigenvalue weighted by Crippen LogP contribution is 2.18. The van der Waals surface area contributed by atoms with Gasteiger partial charge in [0.25, 0.3) is 0 Å². The maximum Gasteiger partial charge on any atom is 0.306 e. The van der Waals surface area contributed by atoms with Crippen molar-refractivity contribution in [2.75, 3.05) is 13.2 Å². The molecular weight excluding hydrogens is 973 g/mol. The highest BCUT2D eigenvalue weighted by Gasteiger charge is 2.19. The summed E-state index contributed by atoms with van der Waals surface area (Å²) >= 11 is 0. The molecule has 0 aromatic rings. The van der Waals surface area contributed by atoms with Gasteiger partial charge < -0.3 is 14.2 Å². The molecular formula is C73H130O6. The van der Waals surface area contributed by atoms with Crippen molar-refractivity contribution >= 4 is 17.9 Å². The molecule has 0 heterocycles. The summed E-state index contributed by atoms with van der Waals surface area (Å²) in [6.07, 6.45) is 88.2. The Morgan fingerprint density at radius 2 is 0.494 bits per heavy atom. The van der Waals surface area contributed by atoms with E-state index in [1.54, 1.807) is 0 Å². The summed E-state index contributed by atoms with van der Waals surface area (Å²) in [6.45, 7) is 6.50. The number of hydrogen-bond donors (Lipinski definition) is 0. The fraction of sp³-hybridized carbons (Fsp3) is 0.795. The zero-order valence-corrected chi connectivity index (χ0v) is 52.6. The van der Waals surface area contributed by atoms with Gasteiger partial charge in [0, 0.05) is 19.3 Å². The van der Waals surface area contributed by atoms with Gasteiger partial charge in [0.15, 0.2) is 6.10 Å². The molecule has 0 spiro atoms. The zero-order chi connectivity index (χ0) is 57.1. The molecule has 6 nitrogen and oxygen atoms in total. The Kier molecular flexibility index (Phi) is 64.7. The molecule has 6 heteroatoms. The second-order valence-electron chi connectivity index (χ2n) is 23.1. The molecule has 0 rings (SSSR count). The standard InChI is InChI=1S/C73H130O6/c1-4-7-10-13-16-18-20-22-24-26-28-29-30-31-32-33-34-35-36-37-38-39-40-41-42-43-45-46-48-50-52-54-57-60-63-66-72(75)78-69-70(68-77-71(74)65-62-59-56-15-12-9-6-3)79-73(76)67-64-61-58-55-53-51-49-47-44-27-25-23-21-19-17-14-11-8-5-2/h7,10,16-19,22-25,28-29,70H,4-6,8-9,11-15,20-21,26-27,30-69H2,1-3H3/b10-7-,18-16-,19-17-,24-22-,25-23-,29-28-. The van der Waals surface area contributed by atoms with E-state index in [9.17, 15) is 14.4 Å². The lowest BCUT2D eigenvalue weighted by Gasteiger charge is -2.18. The van der Waals surface area contributed by atoms with Crippen LogP contribution in [0.2, 0.25) is 0 Å². The first-order valence-corrected chi connectivity index (χ1v) is 34.4. The Bertz CT molecular complexity index is 1450. The lowest BCUT2D eigenvalue weighted by molar-refractivity contribution is -0.167. The minimum atomic E-state index is -0.772. The summed E-state index contributed by atoms with van der Waals surface area (Å²) < 4.78 is 16.9. The van der Waals surface area contributed by atoms with Gasteiger partial charge in [-0.3, -0.25) is 14.4 Å². The molecule has 0 aliphatic carbocycles. The van der Waals surface area contributed by atoms with Crippen LogP contribution in [0.4, 0.5) is 0 Å². The van der Waals surface area contributed by atoms with Crippen molar-refractivity contribution in [1.82, 2.24) is 0 Å². The van der Waals surface area contributed by atoms with E-state index in [0.717, 1.165) is 89.9 Å². The SMILES string of the molecule is CC/C=C\C/C=C\C/C=C\C/C=C\CCCCCCCCCCCCCCCCCCCCCCCCC(=O)OCC(COC(=O)CCCCCCCCC)OC(=O)CCCCCCCCCCC/C=C\C/C=C\CCCCC. The third-order valence-corrected chi connectivity index (χ3v) is 15.2. The first kappa shape index (κ1) is 75.8. The van der Waals surface area contributed by atoms with Crippen molar-refractivity contribution < 1.29 is 28.6 Å². The molecule has 0 aliphatic heterocycles. The van der Waals surface area contributed by atoms with Crippen molar-refractivity contribution in [3.63, 3.8) is 0 Å². The highest BCUT2D eigenvalue weighted by molar-refractivity contribution is 5.71. The van der Waals surface area contributed by atoms with Crippen molar-refractivity contribution in [2.24, 2.45) is 0 Å². The van der Waals surface area contributed by atoms with Crippen LogP contribution in [-0.4, -0.2) is 37.2 Å². The van der Waals surface area contributed by atoms with Gasteiger partial charge in [0.05, 0.1) is 0 Å². The maximum absolute atomic E-state index is 12.9. The number of rotatable bonds is 63. The summed E-state index contributed by atoms with van der Waals surface area (Å²) in [5, 5.41) is 0. The Morgan fingerprint density at radius 3 is 0.797 bits per heavy atom. The monoisotopic (exact) mass is 1100 g/mol. The summed E-state index contributed by atoms with van der Waals surface area (Å²) in [5.41, 5.74) is 0. The van der Waals surface area contributed by atoms with Gasteiger partial charge >= 0.3 is 17.9 Å². The molecule has 0 amide bonds. The molecule has 0 saturated heterocycles. The first-order valence-electron chi connectivity index (χ1n) is 34.4. The quantitative estimate of drug-likeness (QED) is 0.0261. The number of hydrogen-bond acceptors (Lipinski definition) is 6. The van der Waals surface area contributed by atoms with E-state index in [-0.39, 0.29) is 31.1 Å². The van der Waals surface area contributed by atoms with Crippen molar-refractivity contribution in [3.05, 3.63) is 72.9 Å². The molecule has 0 N–H and O–H groups in total. The van der Waals surface area contributed by atoms with Crippen molar-refractivity contribution in [2.45, 2.75) is 361 Å². The van der Waals surface area contributed by atoms with Gasteiger partial charge in [-0.05, 0) is 89.9 Å². The van der Waals surface area contributed by atoms with E-state index in [0.29, 0.717) is 19.3 Å². The van der Waals surface area contributed by atoms with Crippen molar-refractivity contribution in [3.8, 4) is 0 Å². The molecule has 0 aromatic heterocycles. The van der Waals surface area contributed by atoms with E-state index in [2.05, 4.69) is 93.7 Å². The molecule has 0 fully saturated rings. The van der Waals surface area contributed by atoms with E-state index >= 15 is 0 Å². The fourth-order valence-electron chi connectivity index (χ4n) is 10.1. The lowest BCUT2D eigenvalue weighted by atomic mass is 10.0. The summed E-state index contributed by atoms with van der Waals surface area (Å²) in [7, 11) is 0. The molecule has 0 aromatic carbocycles. The molecule has 0 aliphatic rings. The molecule has 1 unspecified atom stereocenters. The third-order valence-electron chi connectivity index (χ3n) is 15.2. The van der Waals surface area contributed by atoms with Gasteiger partial charge in [0.1, 0.15) is 13.2 Å². The molecule has 0 bridgehead atoms. The number of esters is 3. The van der Waals surface area contributed by atoms with Gasteiger partial charge in [0.2, 0.25) is 0 Å². The van der Waals surface area contributed by atoms with Crippen LogP contribution in [0.1, 0.15) is 355 Å². The Balaban J connectivity index is 3.97. The fourth-order valence-corrected chi connectivity index (χ4v) is 10.1. The summed E-state index contributed by atoms with van der Waals surface area (Å²) in [4.78, 5) is 38.1. The van der Waals surface area contributed by atoms with E-state index < -0.39 is 6.10 Å². The first-order chi connectivity index (χ1) is 39.0. The normalized spacial score (nSPS) is 12.5. The average molecular weight is 1100 g/mol. The van der Waals surface area contributed by atoms with Crippen LogP contribution in [0.3, 0.4) is 0 Å². The maximum atomic E-state index is 12.9. The Hall–Kier alpha value is -3.15. The minimum Gasteiger partial charge on any atom is -0.462 e. The average Bonchev–Trinajstić information content (AvgIpc) is 3.45. The number of unbranched alkanes of at least 4 members (excludes halogenated alkanes) is 40. The van der Waals surface area contributed by atoms with Crippen LogP contribution in [0, 0.1) is 0 Å². The van der Waals surface area contributed by atoms with Crippen LogP contribution in [0.15, 0.2) is 72.9 Å². The smallest absolute Gasteiger partial charge is 0.306 e. The topological polar surface area (TPSA) is 78.9 Å². The number of ether oxygens (including phenoxy) is 3. The van der Waals surface area contributed by atoms with Crippen LogP contribution in [0.25, 0.3) is 0 Å². The van der Waals surface area contributed by atoms with E-state index in [1.165, 1.54) is 225 Å². The van der Waals surface area contributed by atoms with E-state index in [4.69, 9.17) is 14.2 Å². The van der Waals surface area contributed by atoms with E-state index in [1.807, 2.05) is 0 Å². The molecule has 1 atom stereocenters. The lowest BCUT2D eigenvalue weighted by Crippen LogP contribution is -2.30. The highest BCUT2D eigenvalue weighted by atomic mass is 16.6. The van der Waals surface area contributed by atoms with Crippen LogP contribution in [0.5, 0.6) is 0 Å². The number of carbonyl (C=O) groups excluding carboxylic acids is 3. The third kappa shape index (κ3) is 65.5. The van der Waals surface area contributed by atoms with Gasteiger partial charge in [-0.15, -0.1) is 0 Å². The predicted octanol–water partition coefficient (Wildman–Crippen LogP) is 23.7. The Labute approximate surface area is 491 Å². The summed E-state index contributed by atoms with van der Waals surface area (Å²) in [6, 6.07) is 0. The Morgan fingerprint density at radius 1 is 0.266 bits per heavy atom. The molecule has 0 saturated carbocycles. The number of carbonyl (C=O) groups is 3. The van der Waals surface area contributed by atoms with Gasteiger partial charge in [-0.1, -0.05) is 318 Å². The van der Waals surface area contributed by atoms with Crippen molar-refractivity contribution in [1.29, 1.82) is 0 Å². The second-order valence-corrected chi connectivity index (χ2v) is 23.1. The molecule has 0 radical (unpaired) electrons. The largest absolute Gasteiger partial charge is 0.462 e. The van der Waals surface area contributed by atoms with Crippen LogP contribution in [-0.2, 0) is 28.6 Å². The minimum absolute atomic E-state index is 0.0715. The van der Waals surface area contributed by atoms with Gasteiger partial charge in [-0.25, -0.2) is 0 Å². The second kappa shape index (κ2) is 67.4.